The standard InChI is InChI=1S/C14H18N4O2.ClH/c19-13(17-8-3-6-15-7-9-17)10-18-12-5-2-1-4-11(12)16-14(18)20;/h1-2,4-5,15H,3,6-10H2,(H,16,20);1H. The molecule has 0 aliphatic carbocycles. The van der Waals surface area contributed by atoms with Crippen molar-refractivity contribution in [3.63, 3.8) is 0 Å². The first-order valence-electron chi connectivity index (χ1n) is 6.92. The fraction of sp³-hybridized carbons (Fsp3) is 0.429. The van der Waals surface area contributed by atoms with E-state index in [1.807, 2.05) is 29.2 Å². The molecule has 0 bridgehead atoms. The number of para-hydroxylation sites is 2. The van der Waals surface area contributed by atoms with Crippen LogP contribution in [0.2, 0.25) is 0 Å². The molecule has 0 radical (unpaired) electrons. The zero-order valence-electron chi connectivity index (χ0n) is 11.7. The molecule has 1 aliphatic rings. The lowest BCUT2D eigenvalue weighted by Gasteiger charge is -2.20. The number of imidazole rings is 1. The van der Waals surface area contributed by atoms with Gasteiger partial charge in [-0.25, -0.2) is 4.79 Å². The van der Waals surface area contributed by atoms with Crippen molar-refractivity contribution in [2.45, 2.75) is 13.0 Å². The predicted octanol–water partition coefficient (Wildman–Crippen LogP) is 0.573. The van der Waals surface area contributed by atoms with E-state index >= 15 is 0 Å². The Morgan fingerprint density at radius 2 is 2.00 bits per heavy atom. The lowest BCUT2D eigenvalue weighted by atomic mass is 10.3. The largest absolute Gasteiger partial charge is 0.340 e. The summed E-state index contributed by atoms with van der Waals surface area (Å²) >= 11 is 0. The number of benzene rings is 1. The Morgan fingerprint density at radius 1 is 1.19 bits per heavy atom. The highest BCUT2D eigenvalue weighted by Crippen LogP contribution is 2.09. The maximum absolute atomic E-state index is 12.3. The van der Waals surface area contributed by atoms with E-state index in [0.29, 0.717) is 6.54 Å². The van der Waals surface area contributed by atoms with E-state index in [9.17, 15) is 9.59 Å². The molecule has 0 unspecified atom stereocenters. The van der Waals surface area contributed by atoms with Gasteiger partial charge >= 0.3 is 5.69 Å². The van der Waals surface area contributed by atoms with Gasteiger partial charge in [0.05, 0.1) is 11.0 Å². The van der Waals surface area contributed by atoms with Crippen LogP contribution in [0, 0.1) is 0 Å². The minimum Gasteiger partial charge on any atom is -0.340 e. The molecule has 1 saturated heterocycles. The van der Waals surface area contributed by atoms with Crippen LogP contribution in [0.3, 0.4) is 0 Å². The Kier molecular flexibility index (Phi) is 5.03. The second-order valence-corrected chi connectivity index (χ2v) is 5.02. The molecule has 0 atom stereocenters. The number of carbonyl (C=O) groups excluding carboxylic acids is 1. The smallest absolute Gasteiger partial charge is 0.326 e. The van der Waals surface area contributed by atoms with Crippen molar-refractivity contribution >= 4 is 29.3 Å². The van der Waals surface area contributed by atoms with Crippen LogP contribution in [0.5, 0.6) is 0 Å². The van der Waals surface area contributed by atoms with Crippen LogP contribution in [0.1, 0.15) is 6.42 Å². The first-order chi connectivity index (χ1) is 9.75. The molecule has 2 aromatic rings. The first kappa shape index (κ1) is 15.6. The molecule has 7 heteroatoms. The molecule has 2 heterocycles. The fourth-order valence-corrected chi connectivity index (χ4v) is 2.59. The van der Waals surface area contributed by atoms with Gasteiger partial charge in [0.15, 0.2) is 0 Å². The molecular formula is C14H19ClN4O2. The monoisotopic (exact) mass is 310 g/mol. The van der Waals surface area contributed by atoms with Crippen LogP contribution in [0.25, 0.3) is 11.0 Å². The van der Waals surface area contributed by atoms with Gasteiger partial charge in [0.1, 0.15) is 6.54 Å². The minimum atomic E-state index is -0.229. The molecule has 1 aromatic carbocycles. The van der Waals surface area contributed by atoms with Gasteiger partial charge in [-0.05, 0) is 25.1 Å². The summed E-state index contributed by atoms with van der Waals surface area (Å²) in [6.45, 7) is 3.31. The summed E-state index contributed by atoms with van der Waals surface area (Å²) in [5.41, 5.74) is 1.31. The lowest BCUT2D eigenvalue weighted by Crippen LogP contribution is -2.38. The van der Waals surface area contributed by atoms with E-state index in [2.05, 4.69) is 10.3 Å². The Morgan fingerprint density at radius 3 is 2.86 bits per heavy atom. The van der Waals surface area contributed by atoms with Gasteiger partial charge in [0, 0.05) is 19.6 Å². The maximum atomic E-state index is 12.3. The number of H-pyrrole nitrogens is 1. The van der Waals surface area contributed by atoms with Crippen molar-refractivity contribution in [3.05, 3.63) is 34.7 Å². The highest BCUT2D eigenvalue weighted by molar-refractivity contribution is 5.85. The third-order valence-electron chi connectivity index (χ3n) is 3.67. The average molecular weight is 311 g/mol. The van der Waals surface area contributed by atoms with Gasteiger partial charge < -0.3 is 15.2 Å². The zero-order valence-corrected chi connectivity index (χ0v) is 12.5. The molecule has 0 saturated carbocycles. The summed E-state index contributed by atoms with van der Waals surface area (Å²) < 4.78 is 1.51. The molecule has 6 nitrogen and oxygen atoms in total. The zero-order chi connectivity index (χ0) is 13.9. The van der Waals surface area contributed by atoms with E-state index in [4.69, 9.17) is 0 Å². The molecule has 1 amide bonds. The van der Waals surface area contributed by atoms with Crippen molar-refractivity contribution in [2.24, 2.45) is 0 Å². The predicted molar refractivity (Wildman–Crippen MR) is 83.9 cm³/mol. The Labute approximate surface area is 128 Å². The number of nitrogens with zero attached hydrogens (tertiary/aromatic N) is 2. The Bertz CT molecular complexity index is 671. The number of carbonyl (C=O) groups is 1. The van der Waals surface area contributed by atoms with Gasteiger partial charge in [-0.15, -0.1) is 12.4 Å². The number of rotatable bonds is 2. The van der Waals surface area contributed by atoms with Crippen molar-refractivity contribution < 1.29 is 4.79 Å². The first-order valence-corrected chi connectivity index (χ1v) is 6.92. The lowest BCUT2D eigenvalue weighted by molar-refractivity contribution is -0.131. The van der Waals surface area contributed by atoms with E-state index in [1.54, 1.807) is 0 Å². The summed E-state index contributed by atoms with van der Waals surface area (Å²) in [7, 11) is 0. The summed E-state index contributed by atoms with van der Waals surface area (Å²) in [5, 5.41) is 3.26. The molecule has 1 aliphatic heterocycles. The van der Waals surface area contributed by atoms with Crippen LogP contribution in [-0.2, 0) is 11.3 Å². The topological polar surface area (TPSA) is 70.1 Å². The SMILES string of the molecule is Cl.O=C(Cn1c(=O)[nH]c2ccccc21)N1CCCNCC1. The third-order valence-corrected chi connectivity index (χ3v) is 3.67. The molecule has 1 aromatic heterocycles. The number of aromatic amines is 1. The van der Waals surface area contributed by atoms with E-state index < -0.39 is 0 Å². The number of hydrogen-bond donors (Lipinski definition) is 2. The van der Waals surface area contributed by atoms with E-state index in [-0.39, 0.29) is 30.5 Å². The number of halogens is 1. The van der Waals surface area contributed by atoms with Crippen LogP contribution in [-0.4, -0.2) is 46.5 Å². The molecule has 0 spiro atoms. The van der Waals surface area contributed by atoms with Gasteiger partial charge in [0.25, 0.3) is 0 Å². The fourth-order valence-electron chi connectivity index (χ4n) is 2.59. The summed E-state index contributed by atoms with van der Waals surface area (Å²) in [6.07, 6.45) is 0.953. The molecular weight excluding hydrogens is 292 g/mol. The second kappa shape index (κ2) is 6.78. The molecule has 2 N–H and O–H groups in total. The number of nitrogens with one attached hydrogen (secondary N) is 2. The summed E-state index contributed by atoms with van der Waals surface area (Å²) in [4.78, 5) is 28.9. The highest BCUT2D eigenvalue weighted by Gasteiger charge is 2.17. The number of amides is 1. The Balaban J connectivity index is 0.00000161. The summed E-state index contributed by atoms with van der Waals surface area (Å²) in [5.74, 6) is 0.000512. The Hall–Kier alpha value is -1.79. The minimum absolute atomic E-state index is 0. The summed E-state index contributed by atoms with van der Waals surface area (Å²) in [6, 6.07) is 7.43. The highest BCUT2D eigenvalue weighted by atomic mass is 35.5. The van der Waals surface area contributed by atoms with Crippen LogP contribution < -0.4 is 11.0 Å². The average Bonchev–Trinajstić information content (AvgIpc) is 2.66. The van der Waals surface area contributed by atoms with Crippen molar-refractivity contribution in [1.82, 2.24) is 19.8 Å². The van der Waals surface area contributed by atoms with E-state index in [0.717, 1.165) is 37.1 Å². The quantitative estimate of drug-likeness (QED) is 0.852. The van der Waals surface area contributed by atoms with Crippen molar-refractivity contribution in [3.8, 4) is 0 Å². The number of aromatic nitrogens is 2. The van der Waals surface area contributed by atoms with Crippen LogP contribution in [0.15, 0.2) is 29.1 Å². The van der Waals surface area contributed by atoms with Crippen LogP contribution >= 0.6 is 12.4 Å². The van der Waals surface area contributed by atoms with Gasteiger partial charge in [-0.2, -0.15) is 0 Å². The maximum Gasteiger partial charge on any atom is 0.326 e. The molecule has 3 rings (SSSR count). The van der Waals surface area contributed by atoms with E-state index in [1.165, 1.54) is 4.57 Å². The van der Waals surface area contributed by atoms with Crippen molar-refractivity contribution in [1.29, 1.82) is 0 Å². The van der Waals surface area contributed by atoms with Gasteiger partial charge in [-0.1, -0.05) is 12.1 Å². The van der Waals surface area contributed by atoms with Crippen molar-refractivity contribution in [2.75, 3.05) is 26.2 Å². The van der Waals surface area contributed by atoms with Crippen LogP contribution in [0.4, 0.5) is 0 Å². The van der Waals surface area contributed by atoms with Gasteiger partial charge in [0.2, 0.25) is 5.91 Å². The second-order valence-electron chi connectivity index (χ2n) is 5.02. The molecule has 21 heavy (non-hydrogen) atoms. The molecule has 114 valence electrons. The van der Waals surface area contributed by atoms with Gasteiger partial charge in [-0.3, -0.25) is 9.36 Å². The normalized spacial score (nSPS) is 15.5. The molecule has 1 fully saturated rings. The number of hydrogen-bond acceptors (Lipinski definition) is 3. The third kappa shape index (κ3) is 3.28. The number of fused-ring (bicyclic) bond motifs is 1.